The van der Waals surface area contributed by atoms with Crippen LogP contribution in [0.3, 0.4) is 0 Å². The lowest BCUT2D eigenvalue weighted by molar-refractivity contribution is -0.117. The third-order valence-corrected chi connectivity index (χ3v) is 3.25. The molecule has 1 heterocycles. The molecule has 0 saturated carbocycles. The van der Waals surface area contributed by atoms with Crippen LogP contribution < -0.4 is 11.1 Å². The molecule has 1 amide bonds. The van der Waals surface area contributed by atoms with Gasteiger partial charge in [-0.05, 0) is 26.0 Å². The highest BCUT2D eigenvalue weighted by molar-refractivity contribution is 7.09. The lowest BCUT2D eigenvalue weighted by atomic mass is 10.1. The summed E-state index contributed by atoms with van der Waals surface area (Å²) in [5.74, 6) is -0.188. The number of anilines is 1. The molecular formula is C13H15N3OS. The Hall–Kier alpha value is -1.72. The van der Waals surface area contributed by atoms with Gasteiger partial charge in [0.15, 0.2) is 0 Å². The Kier molecular flexibility index (Phi) is 3.74. The zero-order valence-electron chi connectivity index (χ0n) is 10.3. The van der Waals surface area contributed by atoms with Crippen LogP contribution >= 0.6 is 11.3 Å². The predicted octanol–water partition coefficient (Wildman–Crippen LogP) is 2.40. The second kappa shape index (κ2) is 5.29. The third-order valence-electron chi connectivity index (χ3n) is 2.48. The lowest BCUT2D eigenvalue weighted by Gasteiger charge is -2.07. The van der Waals surface area contributed by atoms with Gasteiger partial charge >= 0.3 is 0 Å². The molecule has 2 aromatic rings. The quantitative estimate of drug-likeness (QED) is 0.891. The van der Waals surface area contributed by atoms with Crippen molar-refractivity contribution in [2.24, 2.45) is 5.73 Å². The van der Waals surface area contributed by atoms with Crippen molar-refractivity contribution in [3.05, 3.63) is 34.7 Å². The van der Waals surface area contributed by atoms with Crippen molar-refractivity contribution in [1.82, 2.24) is 4.98 Å². The first-order valence-corrected chi connectivity index (χ1v) is 6.53. The van der Waals surface area contributed by atoms with Crippen molar-refractivity contribution in [3.8, 4) is 11.3 Å². The molecule has 0 saturated heterocycles. The van der Waals surface area contributed by atoms with E-state index >= 15 is 0 Å². The Morgan fingerprint density at radius 3 is 2.56 bits per heavy atom. The lowest BCUT2D eigenvalue weighted by Crippen LogP contribution is -2.32. The molecule has 3 N–H and O–H groups in total. The van der Waals surface area contributed by atoms with Gasteiger partial charge in [0.1, 0.15) is 0 Å². The topological polar surface area (TPSA) is 68.0 Å². The van der Waals surface area contributed by atoms with Gasteiger partial charge in [-0.1, -0.05) is 12.1 Å². The van der Waals surface area contributed by atoms with E-state index in [9.17, 15) is 4.79 Å². The molecule has 94 valence electrons. The van der Waals surface area contributed by atoms with Crippen LogP contribution in [0.25, 0.3) is 11.3 Å². The molecule has 0 fully saturated rings. The molecule has 1 aromatic carbocycles. The van der Waals surface area contributed by atoms with Gasteiger partial charge in [-0.3, -0.25) is 4.79 Å². The van der Waals surface area contributed by atoms with Gasteiger partial charge in [-0.25, -0.2) is 4.98 Å². The highest BCUT2D eigenvalue weighted by Gasteiger charge is 2.07. The fourth-order valence-electron chi connectivity index (χ4n) is 1.48. The van der Waals surface area contributed by atoms with Crippen LogP contribution in [0.15, 0.2) is 29.6 Å². The third kappa shape index (κ3) is 2.94. The maximum Gasteiger partial charge on any atom is 0.240 e. The number of benzene rings is 1. The highest BCUT2D eigenvalue weighted by Crippen LogP contribution is 2.23. The number of carbonyl (C=O) groups is 1. The monoisotopic (exact) mass is 261 g/mol. The summed E-state index contributed by atoms with van der Waals surface area (Å²) in [5.41, 5.74) is 8.23. The number of amides is 1. The van der Waals surface area contributed by atoms with Gasteiger partial charge in [0.2, 0.25) is 5.91 Å². The van der Waals surface area contributed by atoms with Crippen molar-refractivity contribution in [1.29, 1.82) is 0 Å². The molecule has 1 unspecified atom stereocenters. The Balaban J connectivity index is 2.13. The summed E-state index contributed by atoms with van der Waals surface area (Å²) in [6, 6.07) is 7.07. The van der Waals surface area contributed by atoms with Crippen molar-refractivity contribution in [2.45, 2.75) is 19.9 Å². The number of nitrogens with one attached hydrogen (secondary N) is 1. The van der Waals surface area contributed by atoms with E-state index in [4.69, 9.17) is 5.73 Å². The standard InChI is InChI=1S/C13H15N3OS/c1-8(14)13(17)16-11-5-3-10(4-6-11)12-7-18-9(2)15-12/h3-8H,14H2,1-2H3,(H,16,17). The molecule has 0 bridgehead atoms. The van der Waals surface area contributed by atoms with E-state index < -0.39 is 6.04 Å². The number of hydrogen-bond acceptors (Lipinski definition) is 4. The molecule has 18 heavy (non-hydrogen) atoms. The van der Waals surface area contributed by atoms with Crippen LogP contribution in [0.1, 0.15) is 11.9 Å². The number of hydrogen-bond donors (Lipinski definition) is 2. The summed E-state index contributed by atoms with van der Waals surface area (Å²) in [6.45, 7) is 3.63. The molecule has 0 aliphatic heterocycles. The zero-order valence-corrected chi connectivity index (χ0v) is 11.1. The van der Waals surface area contributed by atoms with Crippen LogP contribution in [-0.4, -0.2) is 16.9 Å². The Morgan fingerprint density at radius 1 is 1.39 bits per heavy atom. The first-order valence-electron chi connectivity index (χ1n) is 5.65. The van der Waals surface area contributed by atoms with E-state index in [1.54, 1.807) is 18.3 Å². The zero-order chi connectivity index (χ0) is 13.1. The summed E-state index contributed by atoms with van der Waals surface area (Å²) in [4.78, 5) is 15.8. The molecule has 2 rings (SSSR count). The molecular weight excluding hydrogens is 246 g/mol. The summed E-state index contributed by atoms with van der Waals surface area (Å²) in [7, 11) is 0. The number of thiazole rings is 1. The molecule has 0 radical (unpaired) electrons. The van der Waals surface area contributed by atoms with Crippen molar-refractivity contribution < 1.29 is 4.79 Å². The van der Waals surface area contributed by atoms with E-state index in [2.05, 4.69) is 10.3 Å². The van der Waals surface area contributed by atoms with Gasteiger partial charge in [0.05, 0.1) is 16.7 Å². The second-order valence-electron chi connectivity index (χ2n) is 4.11. The minimum absolute atomic E-state index is 0.188. The first kappa shape index (κ1) is 12.7. The minimum Gasteiger partial charge on any atom is -0.325 e. The van der Waals surface area contributed by atoms with Gasteiger partial charge < -0.3 is 11.1 Å². The number of rotatable bonds is 3. The summed E-state index contributed by atoms with van der Waals surface area (Å²) in [5, 5.41) is 5.80. The average Bonchev–Trinajstić information content (AvgIpc) is 2.76. The van der Waals surface area contributed by atoms with Gasteiger partial charge in [0.25, 0.3) is 0 Å². The number of nitrogens with two attached hydrogens (primary N) is 1. The van der Waals surface area contributed by atoms with Crippen molar-refractivity contribution >= 4 is 22.9 Å². The first-order chi connectivity index (χ1) is 8.56. The SMILES string of the molecule is Cc1nc(-c2ccc(NC(=O)C(C)N)cc2)cs1. The largest absolute Gasteiger partial charge is 0.325 e. The number of aryl methyl sites for hydroxylation is 1. The summed E-state index contributed by atoms with van der Waals surface area (Å²) < 4.78 is 0. The van der Waals surface area contributed by atoms with Crippen molar-refractivity contribution in [3.63, 3.8) is 0 Å². The Morgan fingerprint density at radius 2 is 2.06 bits per heavy atom. The minimum atomic E-state index is -0.508. The second-order valence-corrected chi connectivity index (χ2v) is 5.17. The van der Waals surface area contributed by atoms with Crippen molar-refractivity contribution in [2.75, 3.05) is 5.32 Å². The molecule has 1 aromatic heterocycles. The number of nitrogens with zero attached hydrogens (tertiary/aromatic N) is 1. The molecule has 0 aliphatic carbocycles. The molecule has 0 aliphatic rings. The van der Waals surface area contributed by atoms with E-state index in [0.717, 1.165) is 22.0 Å². The summed E-state index contributed by atoms with van der Waals surface area (Å²) >= 11 is 1.62. The van der Waals surface area contributed by atoms with Crippen LogP contribution in [0.4, 0.5) is 5.69 Å². The molecule has 1 atom stereocenters. The Bertz CT molecular complexity index is 546. The molecule has 5 heteroatoms. The van der Waals surface area contributed by atoms with E-state index in [1.165, 1.54) is 0 Å². The van der Waals surface area contributed by atoms with E-state index in [-0.39, 0.29) is 5.91 Å². The molecule has 0 spiro atoms. The van der Waals surface area contributed by atoms with Gasteiger partial charge in [0, 0.05) is 16.6 Å². The summed E-state index contributed by atoms with van der Waals surface area (Å²) in [6.07, 6.45) is 0. The predicted molar refractivity (Wildman–Crippen MR) is 74.6 cm³/mol. The van der Waals surface area contributed by atoms with E-state index in [0.29, 0.717) is 0 Å². The maximum atomic E-state index is 11.4. The van der Waals surface area contributed by atoms with Crippen LogP contribution in [-0.2, 0) is 4.79 Å². The van der Waals surface area contributed by atoms with Crippen LogP contribution in [0.2, 0.25) is 0 Å². The fourth-order valence-corrected chi connectivity index (χ4v) is 2.10. The highest BCUT2D eigenvalue weighted by atomic mass is 32.1. The van der Waals surface area contributed by atoms with Gasteiger partial charge in [-0.2, -0.15) is 0 Å². The number of carbonyl (C=O) groups excluding carboxylic acids is 1. The van der Waals surface area contributed by atoms with Crippen LogP contribution in [0.5, 0.6) is 0 Å². The maximum absolute atomic E-state index is 11.4. The fraction of sp³-hybridized carbons (Fsp3) is 0.231. The van der Waals surface area contributed by atoms with E-state index in [1.807, 2.05) is 36.6 Å². The average molecular weight is 261 g/mol. The molecule has 4 nitrogen and oxygen atoms in total. The van der Waals surface area contributed by atoms with Crippen LogP contribution in [0, 0.1) is 6.92 Å². The normalized spacial score (nSPS) is 12.2. The van der Waals surface area contributed by atoms with Gasteiger partial charge in [-0.15, -0.1) is 11.3 Å². The number of aromatic nitrogens is 1. The smallest absolute Gasteiger partial charge is 0.240 e. The Labute approximate surface area is 110 Å².